The summed E-state index contributed by atoms with van der Waals surface area (Å²) >= 11 is 1.61. The van der Waals surface area contributed by atoms with Crippen LogP contribution in [0.15, 0.2) is 33.3 Å². The summed E-state index contributed by atoms with van der Waals surface area (Å²) in [6, 6.07) is 3.94. The van der Waals surface area contributed by atoms with Crippen molar-refractivity contribution in [2.24, 2.45) is 0 Å². The van der Waals surface area contributed by atoms with Crippen LogP contribution >= 0.6 is 11.3 Å². The van der Waals surface area contributed by atoms with Gasteiger partial charge in [-0.05, 0) is 24.8 Å². The third kappa shape index (κ3) is 2.38. The average molecular weight is 265 g/mol. The summed E-state index contributed by atoms with van der Waals surface area (Å²) in [6.07, 6.45) is 2.08. The third-order valence-electron chi connectivity index (χ3n) is 2.77. The van der Waals surface area contributed by atoms with Crippen LogP contribution in [-0.4, -0.2) is 9.13 Å². The number of nitrogens with two attached hydrogens (primary N) is 1. The molecule has 0 aliphatic heterocycles. The quantitative estimate of drug-likeness (QED) is 0.893. The molecular weight excluding hydrogens is 250 g/mol. The summed E-state index contributed by atoms with van der Waals surface area (Å²) in [7, 11) is 0. The summed E-state index contributed by atoms with van der Waals surface area (Å²) in [6.45, 7) is 2.71. The summed E-state index contributed by atoms with van der Waals surface area (Å²) in [5.41, 5.74) is 5.04. The lowest BCUT2D eigenvalue weighted by Gasteiger charge is -2.09. The second-order valence-electron chi connectivity index (χ2n) is 3.94. The van der Waals surface area contributed by atoms with Gasteiger partial charge in [0.15, 0.2) is 0 Å². The molecule has 0 fully saturated rings. The van der Waals surface area contributed by atoms with E-state index in [-0.39, 0.29) is 11.4 Å². The number of hydrogen-bond donors (Lipinski definition) is 1. The Bertz CT molecular complexity index is 640. The van der Waals surface area contributed by atoms with Crippen LogP contribution in [-0.2, 0) is 19.5 Å². The molecule has 0 aliphatic rings. The van der Waals surface area contributed by atoms with E-state index in [0.29, 0.717) is 19.5 Å². The molecule has 0 aromatic carbocycles. The monoisotopic (exact) mass is 265 g/mol. The lowest BCUT2D eigenvalue weighted by molar-refractivity contribution is 0.569. The zero-order valence-corrected chi connectivity index (χ0v) is 10.9. The van der Waals surface area contributed by atoms with Crippen molar-refractivity contribution in [3.05, 3.63) is 49.4 Å². The van der Waals surface area contributed by atoms with Crippen molar-refractivity contribution >= 4 is 17.0 Å². The molecule has 0 aliphatic carbocycles. The molecule has 0 atom stereocenters. The van der Waals surface area contributed by atoms with E-state index in [1.54, 1.807) is 11.3 Å². The number of aryl methyl sites for hydroxylation is 2. The second kappa shape index (κ2) is 5.22. The highest BCUT2D eigenvalue weighted by Gasteiger charge is 2.08. The summed E-state index contributed by atoms with van der Waals surface area (Å²) in [5, 5.41) is 1.97. The molecule has 18 heavy (non-hydrogen) atoms. The molecule has 2 aromatic rings. The standard InChI is InChI=1S/C12H15N3O2S/c1-2-14-8-10(13)11(16)15(12(14)17)6-5-9-4-3-7-18-9/h3-4,7-8H,2,5-6,13H2,1H3. The molecule has 0 spiro atoms. The predicted octanol–water partition coefficient (Wildman–Crippen LogP) is 0.916. The van der Waals surface area contributed by atoms with Crippen molar-refractivity contribution in [2.75, 3.05) is 5.73 Å². The van der Waals surface area contributed by atoms with Crippen LogP contribution in [0.5, 0.6) is 0 Å². The van der Waals surface area contributed by atoms with E-state index in [1.807, 2.05) is 24.4 Å². The molecule has 0 unspecified atom stereocenters. The van der Waals surface area contributed by atoms with Crippen molar-refractivity contribution in [3.8, 4) is 0 Å². The maximum Gasteiger partial charge on any atom is 0.331 e. The van der Waals surface area contributed by atoms with Crippen molar-refractivity contribution in [2.45, 2.75) is 26.4 Å². The van der Waals surface area contributed by atoms with E-state index < -0.39 is 5.56 Å². The molecule has 2 aromatic heterocycles. The van der Waals surface area contributed by atoms with Gasteiger partial charge in [-0.3, -0.25) is 13.9 Å². The van der Waals surface area contributed by atoms with E-state index in [0.717, 1.165) is 4.88 Å². The number of hydrogen-bond acceptors (Lipinski definition) is 4. The summed E-state index contributed by atoms with van der Waals surface area (Å²) in [4.78, 5) is 25.0. The minimum Gasteiger partial charge on any atom is -0.393 e. The fourth-order valence-electron chi connectivity index (χ4n) is 1.78. The van der Waals surface area contributed by atoms with Crippen LogP contribution in [0.25, 0.3) is 0 Å². The third-order valence-corrected chi connectivity index (χ3v) is 3.70. The SMILES string of the molecule is CCn1cc(N)c(=O)n(CCc2cccs2)c1=O. The van der Waals surface area contributed by atoms with E-state index in [9.17, 15) is 9.59 Å². The topological polar surface area (TPSA) is 70.0 Å². The van der Waals surface area contributed by atoms with Gasteiger partial charge in [-0.25, -0.2) is 4.79 Å². The first-order valence-electron chi connectivity index (χ1n) is 5.75. The van der Waals surface area contributed by atoms with Gasteiger partial charge in [0.25, 0.3) is 5.56 Å². The number of anilines is 1. The molecule has 0 saturated heterocycles. The van der Waals surface area contributed by atoms with Crippen LogP contribution < -0.4 is 17.0 Å². The molecule has 96 valence electrons. The molecule has 0 amide bonds. The Morgan fingerprint density at radius 3 is 2.78 bits per heavy atom. The van der Waals surface area contributed by atoms with Crippen molar-refractivity contribution in [1.29, 1.82) is 0 Å². The maximum atomic E-state index is 12.0. The van der Waals surface area contributed by atoms with Gasteiger partial charge < -0.3 is 5.73 Å². The molecular formula is C12H15N3O2S. The molecule has 0 bridgehead atoms. The normalized spacial score (nSPS) is 10.7. The highest BCUT2D eigenvalue weighted by Crippen LogP contribution is 2.09. The van der Waals surface area contributed by atoms with Crippen LogP contribution in [0.3, 0.4) is 0 Å². The smallest absolute Gasteiger partial charge is 0.331 e. The van der Waals surface area contributed by atoms with Crippen molar-refractivity contribution in [1.82, 2.24) is 9.13 Å². The highest BCUT2D eigenvalue weighted by molar-refractivity contribution is 7.09. The van der Waals surface area contributed by atoms with Gasteiger partial charge in [0.1, 0.15) is 5.69 Å². The largest absolute Gasteiger partial charge is 0.393 e. The first-order chi connectivity index (χ1) is 8.63. The molecule has 0 radical (unpaired) electrons. The van der Waals surface area contributed by atoms with E-state index in [4.69, 9.17) is 5.73 Å². The van der Waals surface area contributed by atoms with Gasteiger partial charge in [0.05, 0.1) is 0 Å². The Kier molecular flexibility index (Phi) is 3.66. The Morgan fingerprint density at radius 2 is 2.17 bits per heavy atom. The molecule has 6 heteroatoms. The molecule has 0 saturated carbocycles. The average Bonchev–Trinajstić information content (AvgIpc) is 2.87. The number of aromatic nitrogens is 2. The fourth-order valence-corrected chi connectivity index (χ4v) is 2.47. The maximum absolute atomic E-state index is 12.0. The first-order valence-corrected chi connectivity index (χ1v) is 6.63. The van der Waals surface area contributed by atoms with Gasteiger partial charge in [0.2, 0.25) is 0 Å². The molecule has 5 nitrogen and oxygen atoms in total. The Balaban J connectivity index is 2.35. The number of nitrogen functional groups attached to an aromatic ring is 1. The Morgan fingerprint density at radius 1 is 1.39 bits per heavy atom. The van der Waals surface area contributed by atoms with Crippen LogP contribution in [0, 0.1) is 0 Å². The van der Waals surface area contributed by atoms with Crippen molar-refractivity contribution in [3.63, 3.8) is 0 Å². The van der Waals surface area contributed by atoms with Gasteiger partial charge in [-0.1, -0.05) is 6.07 Å². The molecule has 2 rings (SSSR count). The summed E-state index contributed by atoms with van der Waals surface area (Å²) in [5.74, 6) is 0. The minimum absolute atomic E-state index is 0.114. The second-order valence-corrected chi connectivity index (χ2v) is 4.97. The van der Waals surface area contributed by atoms with Crippen molar-refractivity contribution < 1.29 is 0 Å². The van der Waals surface area contributed by atoms with E-state index in [1.165, 1.54) is 15.3 Å². The van der Waals surface area contributed by atoms with E-state index >= 15 is 0 Å². The number of nitrogens with zero attached hydrogens (tertiary/aromatic N) is 2. The number of thiophene rings is 1. The zero-order chi connectivity index (χ0) is 13.1. The van der Waals surface area contributed by atoms with Gasteiger partial charge in [-0.2, -0.15) is 0 Å². The van der Waals surface area contributed by atoms with Crippen LogP contribution in [0.4, 0.5) is 5.69 Å². The van der Waals surface area contributed by atoms with Gasteiger partial charge >= 0.3 is 5.69 Å². The summed E-state index contributed by atoms with van der Waals surface area (Å²) < 4.78 is 2.66. The van der Waals surface area contributed by atoms with Crippen LogP contribution in [0.1, 0.15) is 11.8 Å². The predicted molar refractivity (Wildman–Crippen MR) is 73.1 cm³/mol. The lowest BCUT2D eigenvalue weighted by atomic mass is 10.3. The minimum atomic E-state index is -0.402. The molecule has 2 heterocycles. The molecule has 2 N–H and O–H groups in total. The Hall–Kier alpha value is -1.82. The zero-order valence-electron chi connectivity index (χ0n) is 10.1. The van der Waals surface area contributed by atoms with Gasteiger partial charge in [-0.15, -0.1) is 11.3 Å². The highest BCUT2D eigenvalue weighted by atomic mass is 32.1. The first kappa shape index (κ1) is 12.6. The van der Waals surface area contributed by atoms with E-state index in [2.05, 4.69) is 0 Å². The lowest BCUT2D eigenvalue weighted by Crippen LogP contribution is -2.40. The Labute approximate surface area is 108 Å². The van der Waals surface area contributed by atoms with Crippen LogP contribution in [0.2, 0.25) is 0 Å². The van der Waals surface area contributed by atoms with Gasteiger partial charge in [0, 0.05) is 24.2 Å². The number of rotatable bonds is 4. The fraction of sp³-hybridized carbons (Fsp3) is 0.333.